The lowest BCUT2D eigenvalue weighted by molar-refractivity contribution is 0.416. The molecule has 0 saturated carbocycles. The first-order chi connectivity index (χ1) is 21.7. The molecular formula is C41H28BClO. The second kappa shape index (κ2) is 10.9. The van der Waals surface area contributed by atoms with Gasteiger partial charge in [-0.2, -0.15) is 0 Å². The van der Waals surface area contributed by atoms with Crippen LogP contribution in [0.15, 0.2) is 152 Å². The molecule has 8 aromatic carbocycles. The number of fused-ring (bicyclic) bond motifs is 6. The van der Waals surface area contributed by atoms with Crippen LogP contribution in [0.5, 0.6) is 5.75 Å². The molecule has 0 fully saturated rings. The van der Waals surface area contributed by atoms with Crippen LogP contribution in [0.2, 0.25) is 5.02 Å². The molecule has 0 saturated heterocycles. The average Bonchev–Trinajstić information content (AvgIpc) is 3.09. The minimum absolute atomic E-state index is 0.0476. The molecule has 0 amide bonds. The predicted octanol–water partition coefficient (Wildman–Crippen LogP) is 9.14. The lowest BCUT2D eigenvalue weighted by Gasteiger charge is -2.22. The molecule has 0 aliphatic carbocycles. The molecule has 8 aromatic rings. The van der Waals surface area contributed by atoms with Gasteiger partial charge in [-0.3, -0.25) is 0 Å². The Bertz CT molecular complexity index is 2340. The van der Waals surface area contributed by atoms with Crippen molar-refractivity contribution >= 4 is 77.8 Å². The van der Waals surface area contributed by atoms with E-state index in [1.54, 1.807) is 7.11 Å². The van der Waals surface area contributed by atoms with E-state index in [4.69, 9.17) is 16.3 Å². The molecule has 0 bridgehead atoms. The van der Waals surface area contributed by atoms with Crippen LogP contribution in [0, 0.1) is 0 Å². The Morgan fingerprint density at radius 3 is 1.84 bits per heavy atom. The van der Waals surface area contributed by atoms with Crippen molar-refractivity contribution in [3.05, 3.63) is 157 Å². The van der Waals surface area contributed by atoms with Gasteiger partial charge in [-0.15, -0.1) is 0 Å². The summed E-state index contributed by atoms with van der Waals surface area (Å²) in [6.07, 6.45) is 0. The molecule has 3 heteroatoms. The van der Waals surface area contributed by atoms with Crippen LogP contribution in [-0.4, -0.2) is 13.8 Å². The molecule has 0 aliphatic heterocycles. The Kier molecular flexibility index (Phi) is 6.58. The summed E-state index contributed by atoms with van der Waals surface area (Å²) in [4.78, 5) is 0. The summed E-state index contributed by atoms with van der Waals surface area (Å²) < 4.78 is 5.83. The number of methoxy groups -OCH3 is 1. The summed E-state index contributed by atoms with van der Waals surface area (Å²) in [5, 5.41) is 10.5. The molecule has 0 N–H and O–H groups in total. The van der Waals surface area contributed by atoms with Gasteiger partial charge in [0.1, 0.15) is 5.75 Å². The van der Waals surface area contributed by atoms with Crippen LogP contribution < -0.4 is 21.1 Å². The minimum atomic E-state index is 0.0476. The second-order valence-corrected chi connectivity index (χ2v) is 11.8. The standard InChI is InChI=1S/C41H28BClO/c1-44-41-24-29(43)22-23-35(41)36-25-37-33-19-9-10-20-34(33)40(26-38(37)32-18-8-7-17-31(32)36)42(28-14-3-2-4-15-28)39-21-11-13-27-12-5-6-16-30(27)39/h2-26H,1H3. The van der Waals surface area contributed by atoms with Gasteiger partial charge in [0, 0.05) is 10.6 Å². The van der Waals surface area contributed by atoms with Crippen LogP contribution in [-0.2, 0) is 0 Å². The van der Waals surface area contributed by atoms with Crippen molar-refractivity contribution in [1.82, 2.24) is 0 Å². The van der Waals surface area contributed by atoms with Crippen molar-refractivity contribution in [2.24, 2.45) is 0 Å². The van der Waals surface area contributed by atoms with E-state index in [0.29, 0.717) is 5.02 Å². The van der Waals surface area contributed by atoms with Crippen molar-refractivity contribution in [3.8, 4) is 16.9 Å². The Labute approximate surface area is 262 Å². The van der Waals surface area contributed by atoms with Gasteiger partial charge in [-0.05, 0) is 72.9 Å². The lowest BCUT2D eigenvalue weighted by atomic mass is 9.35. The van der Waals surface area contributed by atoms with E-state index in [-0.39, 0.29) is 6.71 Å². The third kappa shape index (κ3) is 4.34. The molecule has 0 aliphatic rings. The van der Waals surface area contributed by atoms with Crippen LogP contribution >= 0.6 is 11.6 Å². The van der Waals surface area contributed by atoms with Crippen molar-refractivity contribution in [3.63, 3.8) is 0 Å². The van der Waals surface area contributed by atoms with Crippen LogP contribution in [0.4, 0.5) is 0 Å². The number of rotatable bonds is 5. The zero-order chi connectivity index (χ0) is 29.6. The highest BCUT2D eigenvalue weighted by Gasteiger charge is 2.27. The highest BCUT2D eigenvalue weighted by Crippen LogP contribution is 2.41. The lowest BCUT2D eigenvalue weighted by Crippen LogP contribution is -2.52. The number of hydrogen-bond donors (Lipinski definition) is 0. The maximum Gasteiger partial charge on any atom is 0.242 e. The Morgan fingerprint density at radius 2 is 1.07 bits per heavy atom. The van der Waals surface area contributed by atoms with Crippen molar-refractivity contribution < 1.29 is 4.74 Å². The fourth-order valence-electron chi connectivity index (χ4n) is 7.00. The number of hydrogen-bond acceptors (Lipinski definition) is 1. The molecule has 0 heterocycles. The first-order valence-electron chi connectivity index (χ1n) is 14.9. The fourth-order valence-corrected chi connectivity index (χ4v) is 7.16. The van der Waals surface area contributed by atoms with Gasteiger partial charge in [0.05, 0.1) is 7.11 Å². The monoisotopic (exact) mass is 582 g/mol. The zero-order valence-electron chi connectivity index (χ0n) is 24.3. The molecule has 0 radical (unpaired) electrons. The summed E-state index contributed by atoms with van der Waals surface area (Å²) in [7, 11) is 1.71. The molecule has 1 nitrogen and oxygen atoms in total. The van der Waals surface area contributed by atoms with Crippen LogP contribution in [0.25, 0.3) is 54.2 Å². The van der Waals surface area contributed by atoms with E-state index >= 15 is 0 Å². The summed E-state index contributed by atoms with van der Waals surface area (Å²) in [5.74, 6) is 0.767. The third-order valence-electron chi connectivity index (χ3n) is 8.95. The largest absolute Gasteiger partial charge is 0.496 e. The van der Waals surface area contributed by atoms with Crippen LogP contribution in [0.3, 0.4) is 0 Å². The molecule has 0 spiro atoms. The molecule has 0 atom stereocenters. The summed E-state index contributed by atoms with van der Waals surface area (Å²) in [5.41, 5.74) is 6.05. The average molecular weight is 583 g/mol. The highest BCUT2D eigenvalue weighted by atomic mass is 35.5. The fraction of sp³-hybridized carbons (Fsp3) is 0.0244. The summed E-state index contributed by atoms with van der Waals surface area (Å²) in [6, 6.07) is 54.6. The van der Waals surface area contributed by atoms with E-state index in [1.165, 1.54) is 59.5 Å². The number of halogens is 1. The van der Waals surface area contributed by atoms with Crippen molar-refractivity contribution in [1.29, 1.82) is 0 Å². The number of benzene rings is 8. The van der Waals surface area contributed by atoms with E-state index in [0.717, 1.165) is 16.9 Å². The molecular weight excluding hydrogens is 555 g/mol. The quantitative estimate of drug-likeness (QED) is 0.145. The minimum Gasteiger partial charge on any atom is -0.496 e. The SMILES string of the molecule is COc1cc(Cl)ccc1-c1cc2c3ccccc3c(B(c3ccccc3)c3cccc4ccccc34)cc2c2ccccc12. The molecule has 0 unspecified atom stereocenters. The van der Waals surface area contributed by atoms with E-state index in [9.17, 15) is 0 Å². The third-order valence-corrected chi connectivity index (χ3v) is 9.18. The van der Waals surface area contributed by atoms with E-state index in [1.807, 2.05) is 12.1 Å². The van der Waals surface area contributed by atoms with Gasteiger partial charge in [-0.25, -0.2) is 0 Å². The Balaban J connectivity index is 1.50. The smallest absolute Gasteiger partial charge is 0.242 e. The van der Waals surface area contributed by atoms with Gasteiger partial charge < -0.3 is 4.74 Å². The van der Waals surface area contributed by atoms with Gasteiger partial charge in [0.2, 0.25) is 6.71 Å². The van der Waals surface area contributed by atoms with E-state index in [2.05, 4.69) is 140 Å². The van der Waals surface area contributed by atoms with Crippen molar-refractivity contribution in [2.75, 3.05) is 7.11 Å². The molecule has 44 heavy (non-hydrogen) atoms. The summed E-state index contributed by atoms with van der Waals surface area (Å²) >= 11 is 6.38. The normalized spacial score (nSPS) is 11.4. The molecule has 0 aromatic heterocycles. The van der Waals surface area contributed by atoms with Crippen molar-refractivity contribution in [2.45, 2.75) is 0 Å². The first kappa shape index (κ1) is 26.6. The Hall–Kier alpha value is -5.05. The number of ether oxygens (including phenoxy) is 1. The topological polar surface area (TPSA) is 9.23 Å². The maximum absolute atomic E-state index is 6.38. The first-order valence-corrected chi connectivity index (χ1v) is 15.3. The molecule has 8 rings (SSSR count). The van der Waals surface area contributed by atoms with Gasteiger partial charge in [-0.1, -0.05) is 155 Å². The van der Waals surface area contributed by atoms with Gasteiger partial charge >= 0.3 is 0 Å². The maximum atomic E-state index is 6.38. The molecule has 208 valence electrons. The highest BCUT2D eigenvalue weighted by molar-refractivity contribution is 6.98. The van der Waals surface area contributed by atoms with E-state index < -0.39 is 0 Å². The summed E-state index contributed by atoms with van der Waals surface area (Å²) in [6.45, 7) is 0.0476. The van der Waals surface area contributed by atoms with Crippen LogP contribution in [0.1, 0.15) is 0 Å². The zero-order valence-corrected chi connectivity index (χ0v) is 25.1. The Morgan fingerprint density at radius 1 is 0.455 bits per heavy atom. The van der Waals surface area contributed by atoms with Gasteiger partial charge in [0.25, 0.3) is 0 Å². The second-order valence-electron chi connectivity index (χ2n) is 11.3. The predicted molar refractivity (Wildman–Crippen MR) is 191 cm³/mol. The van der Waals surface area contributed by atoms with Gasteiger partial charge in [0.15, 0.2) is 0 Å².